The summed E-state index contributed by atoms with van der Waals surface area (Å²) in [6.45, 7) is 3.99. The van der Waals surface area contributed by atoms with Crippen molar-refractivity contribution in [2.45, 2.75) is 26.3 Å². The van der Waals surface area contributed by atoms with E-state index in [1.165, 1.54) is 0 Å². The molecule has 0 aliphatic carbocycles. The molecule has 0 unspecified atom stereocenters. The lowest BCUT2D eigenvalue weighted by molar-refractivity contribution is -0.125. The minimum Gasteiger partial charge on any atom is -0.493 e. The predicted octanol–water partition coefficient (Wildman–Crippen LogP) is 3.42. The third-order valence-corrected chi connectivity index (χ3v) is 6.09. The second kappa shape index (κ2) is 10.5. The molecule has 1 aliphatic heterocycles. The Labute approximate surface area is 200 Å². The summed E-state index contributed by atoms with van der Waals surface area (Å²) >= 11 is 0. The van der Waals surface area contributed by atoms with Gasteiger partial charge in [0, 0.05) is 50.8 Å². The molecule has 1 aliphatic rings. The second-order valence-corrected chi connectivity index (χ2v) is 8.52. The highest BCUT2D eigenvalue weighted by Crippen LogP contribution is 2.28. The molecule has 34 heavy (non-hydrogen) atoms. The van der Waals surface area contributed by atoms with E-state index in [-0.39, 0.29) is 11.8 Å². The minimum atomic E-state index is -0.0703. The number of pyridine rings is 1. The molecule has 1 saturated heterocycles. The number of ether oxygens (including phenoxy) is 2. The Balaban J connectivity index is 1.37. The van der Waals surface area contributed by atoms with Gasteiger partial charge in [-0.3, -0.25) is 9.48 Å². The molecule has 0 saturated carbocycles. The van der Waals surface area contributed by atoms with Gasteiger partial charge in [0.15, 0.2) is 11.5 Å². The zero-order valence-corrected chi connectivity index (χ0v) is 20.2. The summed E-state index contributed by atoms with van der Waals surface area (Å²) in [6.07, 6.45) is 5.56. The lowest BCUT2D eigenvalue weighted by atomic mass is 9.96. The van der Waals surface area contributed by atoms with Crippen LogP contribution in [0, 0.1) is 12.8 Å². The average molecular weight is 465 g/mol. The van der Waals surface area contributed by atoms with Gasteiger partial charge < -0.3 is 25.0 Å². The number of hydrogen-bond donors (Lipinski definition) is 2. The van der Waals surface area contributed by atoms with Crippen molar-refractivity contribution in [1.29, 1.82) is 0 Å². The van der Waals surface area contributed by atoms with Gasteiger partial charge in [0.1, 0.15) is 5.82 Å². The highest BCUT2D eigenvalue weighted by Gasteiger charge is 2.26. The highest BCUT2D eigenvalue weighted by molar-refractivity contribution is 5.79. The number of piperidine rings is 1. The van der Waals surface area contributed by atoms with Crippen LogP contribution in [0.25, 0.3) is 0 Å². The fourth-order valence-electron chi connectivity index (χ4n) is 4.29. The fourth-order valence-corrected chi connectivity index (χ4v) is 4.29. The quantitative estimate of drug-likeness (QED) is 0.528. The van der Waals surface area contributed by atoms with Crippen LogP contribution in [-0.4, -0.2) is 48.0 Å². The molecular formula is C25H32N6O3. The number of benzene rings is 1. The predicted molar refractivity (Wildman–Crippen MR) is 132 cm³/mol. The molecular weight excluding hydrogens is 432 g/mol. The van der Waals surface area contributed by atoms with Crippen molar-refractivity contribution < 1.29 is 14.3 Å². The van der Waals surface area contributed by atoms with Crippen molar-refractivity contribution in [3.05, 3.63) is 54.0 Å². The Bertz CT molecular complexity index is 1150. The number of carbonyl (C=O) groups is 1. The van der Waals surface area contributed by atoms with Crippen molar-refractivity contribution in [3.63, 3.8) is 0 Å². The third-order valence-electron chi connectivity index (χ3n) is 6.09. The lowest BCUT2D eigenvalue weighted by Crippen LogP contribution is -2.43. The molecule has 1 aromatic carbocycles. The SMILES string of the molecule is COc1ccc(CNC(=O)[C@H]2CCCN(c3ccnc(Nc4cn(C)nc4C)c3)C2)cc1OC. The molecule has 3 heterocycles. The van der Waals surface area contributed by atoms with Crippen LogP contribution in [0.3, 0.4) is 0 Å². The van der Waals surface area contributed by atoms with Crippen LogP contribution in [0.4, 0.5) is 17.2 Å². The Hall–Kier alpha value is -3.75. The number of aryl methyl sites for hydroxylation is 2. The normalized spacial score (nSPS) is 15.6. The van der Waals surface area contributed by atoms with E-state index in [1.54, 1.807) is 25.1 Å². The van der Waals surface area contributed by atoms with Crippen molar-refractivity contribution >= 4 is 23.1 Å². The van der Waals surface area contributed by atoms with E-state index in [0.717, 1.165) is 47.8 Å². The van der Waals surface area contributed by atoms with Crippen molar-refractivity contribution in [1.82, 2.24) is 20.1 Å². The molecule has 0 bridgehead atoms. The van der Waals surface area contributed by atoms with E-state index in [0.29, 0.717) is 24.6 Å². The zero-order valence-electron chi connectivity index (χ0n) is 20.2. The van der Waals surface area contributed by atoms with E-state index in [2.05, 4.69) is 25.6 Å². The summed E-state index contributed by atoms with van der Waals surface area (Å²) in [6, 6.07) is 9.69. The maximum Gasteiger partial charge on any atom is 0.225 e. The van der Waals surface area contributed by atoms with E-state index >= 15 is 0 Å². The van der Waals surface area contributed by atoms with Crippen LogP contribution in [0.15, 0.2) is 42.7 Å². The Kier molecular flexibility index (Phi) is 7.20. The number of anilines is 3. The molecule has 2 aromatic heterocycles. The van der Waals surface area contributed by atoms with Crippen molar-refractivity contribution in [2.75, 3.05) is 37.5 Å². The van der Waals surface area contributed by atoms with E-state index < -0.39 is 0 Å². The van der Waals surface area contributed by atoms with Gasteiger partial charge in [-0.2, -0.15) is 5.10 Å². The van der Waals surface area contributed by atoms with Gasteiger partial charge in [0.2, 0.25) is 5.91 Å². The molecule has 1 fully saturated rings. The van der Waals surface area contributed by atoms with Gasteiger partial charge >= 0.3 is 0 Å². The van der Waals surface area contributed by atoms with Gasteiger partial charge in [-0.05, 0) is 43.5 Å². The molecule has 9 heteroatoms. The molecule has 180 valence electrons. The molecule has 4 rings (SSSR count). The Morgan fingerprint density at radius 2 is 2.00 bits per heavy atom. The van der Waals surface area contributed by atoms with E-state index in [1.807, 2.05) is 50.5 Å². The maximum absolute atomic E-state index is 12.9. The Morgan fingerprint density at radius 3 is 2.74 bits per heavy atom. The van der Waals surface area contributed by atoms with E-state index in [4.69, 9.17) is 9.47 Å². The number of rotatable bonds is 8. The van der Waals surface area contributed by atoms with Crippen molar-refractivity contribution in [3.8, 4) is 11.5 Å². The minimum absolute atomic E-state index is 0.0675. The number of hydrogen-bond acceptors (Lipinski definition) is 7. The van der Waals surface area contributed by atoms with Crippen molar-refractivity contribution in [2.24, 2.45) is 13.0 Å². The average Bonchev–Trinajstić information content (AvgIpc) is 3.18. The van der Waals surface area contributed by atoms with Crippen LogP contribution in [-0.2, 0) is 18.4 Å². The van der Waals surface area contributed by atoms with Crippen LogP contribution in [0.2, 0.25) is 0 Å². The maximum atomic E-state index is 12.9. The second-order valence-electron chi connectivity index (χ2n) is 8.52. The summed E-state index contributed by atoms with van der Waals surface area (Å²) in [5.41, 5.74) is 3.86. The van der Waals surface area contributed by atoms with Gasteiger partial charge in [-0.25, -0.2) is 4.98 Å². The van der Waals surface area contributed by atoms with Gasteiger partial charge in [-0.15, -0.1) is 0 Å². The van der Waals surface area contributed by atoms with Crippen LogP contribution in [0.1, 0.15) is 24.1 Å². The summed E-state index contributed by atoms with van der Waals surface area (Å²) in [7, 11) is 5.11. The van der Waals surface area contributed by atoms with Gasteiger partial charge in [0.25, 0.3) is 0 Å². The summed E-state index contributed by atoms with van der Waals surface area (Å²) in [5.74, 6) is 2.08. The molecule has 0 radical (unpaired) electrons. The fraction of sp³-hybridized carbons (Fsp3) is 0.400. The number of amides is 1. The monoisotopic (exact) mass is 464 g/mol. The van der Waals surface area contributed by atoms with Gasteiger partial charge in [-0.1, -0.05) is 6.07 Å². The number of nitrogens with one attached hydrogen (secondary N) is 2. The number of aromatic nitrogens is 3. The molecule has 9 nitrogen and oxygen atoms in total. The topological polar surface area (TPSA) is 93.5 Å². The first-order valence-corrected chi connectivity index (χ1v) is 11.4. The number of methoxy groups -OCH3 is 2. The summed E-state index contributed by atoms with van der Waals surface area (Å²) in [5, 5.41) is 10.8. The van der Waals surface area contributed by atoms with Crippen LogP contribution >= 0.6 is 0 Å². The summed E-state index contributed by atoms with van der Waals surface area (Å²) < 4.78 is 12.4. The Morgan fingerprint density at radius 1 is 1.18 bits per heavy atom. The standard InChI is InChI=1S/C25H32N6O3/c1-17-21(16-30(2)29-17)28-24-13-20(9-10-26-24)31-11-5-6-19(15-31)25(32)27-14-18-7-8-22(33-3)23(12-18)34-4/h7-10,12-13,16,19H,5-6,11,14-15H2,1-4H3,(H,26,28)(H,27,32)/t19-/m0/s1. The molecule has 1 amide bonds. The van der Waals surface area contributed by atoms with Crippen LogP contribution < -0.4 is 25.0 Å². The number of nitrogens with zero attached hydrogens (tertiary/aromatic N) is 4. The third kappa shape index (κ3) is 5.41. The van der Waals surface area contributed by atoms with Crippen LogP contribution in [0.5, 0.6) is 11.5 Å². The molecule has 1 atom stereocenters. The first kappa shape index (κ1) is 23.4. The zero-order chi connectivity index (χ0) is 24.1. The van der Waals surface area contributed by atoms with Gasteiger partial charge in [0.05, 0.1) is 31.5 Å². The highest BCUT2D eigenvalue weighted by atomic mass is 16.5. The molecule has 2 N–H and O–H groups in total. The number of carbonyl (C=O) groups excluding carboxylic acids is 1. The molecule has 3 aromatic rings. The summed E-state index contributed by atoms with van der Waals surface area (Å²) in [4.78, 5) is 19.7. The first-order valence-electron chi connectivity index (χ1n) is 11.4. The smallest absolute Gasteiger partial charge is 0.225 e. The van der Waals surface area contributed by atoms with E-state index in [9.17, 15) is 4.79 Å². The first-order chi connectivity index (χ1) is 16.5. The largest absolute Gasteiger partial charge is 0.493 e. The molecule has 0 spiro atoms. The lowest BCUT2D eigenvalue weighted by Gasteiger charge is -2.33.